The molecule has 1 aliphatic heterocycles. The number of aromatic nitrogens is 2. The Morgan fingerprint density at radius 3 is 2.81 bits per heavy atom. The Kier molecular flexibility index (Phi) is 6.11. The smallest absolute Gasteiger partial charge is 0.271 e. The van der Waals surface area contributed by atoms with E-state index in [9.17, 15) is 9.59 Å². The number of carbonyl (C=O) groups excluding carboxylic acids is 2. The molecule has 0 bridgehead atoms. The van der Waals surface area contributed by atoms with Crippen molar-refractivity contribution in [1.82, 2.24) is 20.2 Å². The number of nitrogens with one attached hydrogen (secondary N) is 1. The Morgan fingerprint density at radius 2 is 2.08 bits per heavy atom. The van der Waals surface area contributed by atoms with E-state index >= 15 is 0 Å². The van der Waals surface area contributed by atoms with Crippen LogP contribution in [0.15, 0.2) is 35.6 Å². The molecule has 0 unspecified atom stereocenters. The Labute approximate surface area is 161 Å². The molecule has 136 valence electrons. The lowest BCUT2D eigenvalue weighted by atomic mass is 10.1. The summed E-state index contributed by atoms with van der Waals surface area (Å²) >= 11 is 7.36. The van der Waals surface area contributed by atoms with Gasteiger partial charge in [0.1, 0.15) is 0 Å². The molecule has 26 heavy (non-hydrogen) atoms. The molecular weight excluding hydrogens is 372 g/mol. The van der Waals surface area contributed by atoms with Crippen LogP contribution < -0.4 is 5.32 Å². The van der Waals surface area contributed by atoms with Gasteiger partial charge in [-0.1, -0.05) is 35.5 Å². The highest BCUT2D eigenvalue weighted by Crippen LogP contribution is 2.17. The van der Waals surface area contributed by atoms with Gasteiger partial charge in [0.15, 0.2) is 10.9 Å². The predicted molar refractivity (Wildman–Crippen MR) is 102 cm³/mol. The molecule has 8 heteroatoms. The number of rotatable bonds is 5. The molecule has 1 saturated heterocycles. The molecule has 0 atom stereocenters. The molecular formula is C18H19ClN4O2S. The maximum atomic E-state index is 12.5. The van der Waals surface area contributed by atoms with E-state index in [1.165, 1.54) is 18.0 Å². The number of carbonyl (C=O) groups is 2. The summed E-state index contributed by atoms with van der Waals surface area (Å²) in [6.45, 7) is 1.91. The largest absolute Gasteiger partial charge is 0.347 e. The van der Waals surface area contributed by atoms with Crippen molar-refractivity contribution in [2.45, 2.75) is 24.5 Å². The van der Waals surface area contributed by atoms with Crippen LogP contribution in [0.4, 0.5) is 0 Å². The molecule has 1 aromatic carbocycles. The average Bonchev–Trinajstić information content (AvgIpc) is 3.21. The zero-order valence-corrected chi connectivity index (χ0v) is 15.9. The molecule has 0 saturated carbocycles. The first-order valence-electron chi connectivity index (χ1n) is 8.31. The Balaban J connectivity index is 1.67. The number of amides is 2. The highest BCUT2D eigenvalue weighted by molar-refractivity contribution is 7.98. The lowest BCUT2D eigenvalue weighted by molar-refractivity contribution is 0.0792. The summed E-state index contributed by atoms with van der Waals surface area (Å²) in [6, 6.07) is 7.32. The number of benzene rings is 1. The van der Waals surface area contributed by atoms with Gasteiger partial charge < -0.3 is 10.2 Å². The van der Waals surface area contributed by atoms with E-state index in [-0.39, 0.29) is 29.1 Å². The second-order valence-corrected chi connectivity index (χ2v) is 7.12. The topological polar surface area (TPSA) is 75.2 Å². The Morgan fingerprint density at radius 1 is 1.31 bits per heavy atom. The third-order valence-electron chi connectivity index (χ3n) is 4.14. The van der Waals surface area contributed by atoms with Gasteiger partial charge in [-0.2, -0.15) is 0 Å². The number of halogens is 1. The minimum atomic E-state index is -0.371. The summed E-state index contributed by atoms with van der Waals surface area (Å²) in [4.78, 5) is 34.9. The second kappa shape index (κ2) is 8.51. The van der Waals surface area contributed by atoms with Gasteiger partial charge in [-0.05, 0) is 36.8 Å². The van der Waals surface area contributed by atoms with Gasteiger partial charge in [0.2, 0.25) is 0 Å². The molecule has 3 rings (SSSR count). The molecule has 0 spiro atoms. The minimum absolute atomic E-state index is 0.0409. The quantitative estimate of drug-likeness (QED) is 0.627. The molecule has 1 aliphatic rings. The summed E-state index contributed by atoms with van der Waals surface area (Å²) in [5, 5.41) is 3.49. The maximum absolute atomic E-state index is 12.5. The van der Waals surface area contributed by atoms with E-state index in [4.69, 9.17) is 11.6 Å². The third kappa shape index (κ3) is 4.34. The van der Waals surface area contributed by atoms with Crippen molar-refractivity contribution in [2.75, 3.05) is 19.3 Å². The summed E-state index contributed by atoms with van der Waals surface area (Å²) < 4.78 is 0. The molecule has 6 nitrogen and oxygen atoms in total. The van der Waals surface area contributed by atoms with Gasteiger partial charge in [-0.3, -0.25) is 9.59 Å². The predicted octanol–water partition coefficient (Wildman–Crippen LogP) is 3.02. The number of likely N-dealkylation sites (tertiary alicyclic amines) is 1. The fourth-order valence-electron chi connectivity index (χ4n) is 2.79. The molecule has 0 aliphatic carbocycles. The van der Waals surface area contributed by atoms with Crippen LogP contribution in [0.1, 0.15) is 39.3 Å². The van der Waals surface area contributed by atoms with Gasteiger partial charge in [0, 0.05) is 25.2 Å². The van der Waals surface area contributed by atoms with E-state index in [1.54, 1.807) is 6.07 Å². The van der Waals surface area contributed by atoms with Crippen molar-refractivity contribution >= 4 is 35.2 Å². The van der Waals surface area contributed by atoms with Crippen molar-refractivity contribution in [2.24, 2.45) is 0 Å². The van der Waals surface area contributed by atoms with Crippen molar-refractivity contribution in [1.29, 1.82) is 0 Å². The molecule has 2 aromatic rings. The zero-order valence-electron chi connectivity index (χ0n) is 14.4. The standard InChI is InChI=1S/C18H19ClN4O2S/c1-26-18-21-11-14(19)15(22-18)16(24)20-10-12-5-4-6-13(9-12)17(25)23-7-2-3-8-23/h4-6,9,11H,2-3,7-8,10H2,1H3,(H,20,24). The van der Waals surface area contributed by atoms with Gasteiger partial charge in [0.05, 0.1) is 11.2 Å². The van der Waals surface area contributed by atoms with Crippen molar-refractivity contribution in [3.8, 4) is 0 Å². The third-order valence-corrected chi connectivity index (χ3v) is 4.98. The Bertz CT molecular complexity index is 825. The molecule has 1 N–H and O–H groups in total. The van der Waals surface area contributed by atoms with E-state index in [1.807, 2.05) is 29.4 Å². The molecule has 1 aromatic heterocycles. The van der Waals surface area contributed by atoms with E-state index in [0.29, 0.717) is 10.7 Å². The van der Waals surface area contributed by atoms with Crippen LogP contribution in [0.5, 0.6) is 0 Å². The fourth-order valence-corrected chi connectivity index (χ4v) is 3.31. The van der Waals surface area contributed by atoms with Crippen LogP contribution >= 0.6 is 23.4 Å². The van der Waals surface area contributed by atoms with Gasteiger partial charge in [-0.25, -0.2) is 9.97 Å². The zero-order chi connectivity index (χ0) is 18.5. The molecule has 2 amide bonds. The minimum Gasteiger partial charge on any atom is -0.347 e. The summed E-state index contributed by atoms with van der Waals surface area (Å²) in [7, 11) is 0. The van der Waals surface area contributed by atoms with Crippen LogP contribution in [-0.2, 0) is 6.54 Å². The number of thioether (sulfide) groups is 1. The first-order chi connectivity index (χ1) is 12.6. The van der Waals surface area contributed by atoms with Crippen LogP contribution in [0, 0.1) is 0 Å². The van der Waals surface area contributed by atoms with E-state index in [0.717, 1.165) is 31.5 Å². The molecule has 0 radical (unpaired) electrons. The first kappa shape index (κ1) is 18.7. The monoisotopic (exact) mass is 390 g/mol. The highest BCUT2D eigenvalue weighted by Gasteiger charge is 2.19. The average molecular weight is 391 g/mol. The van der Waals surface area contributed by atoms with Crippen molar-refractivity contribution in [3.05, 3.63) is 52.3 Å². The van der Waals surface area contributed by atoms with Crippen molar-refractivity contribution < 1.29 is 9.59 Å². The van der Waals surface area contributed by atoms with Gasteiger partial charge >= 0.3 is 0 Å². The molecule has 1 fully saturated rings. The van der Waals surface area contributed by atoms with E-state index < -0.39 is 0 Å². The SMILES string of the molecule is CSc1ncc(Cl)c(C(=O)NCc2cccc(C(=O)N3CCCC3)c2)n1. The van der Waals surface area contributed by atoms with Crippen LogP contribution in [0.25, 0.3) is 0 Å². The summed E-state index contributed by atoms with van der Waals surface area (Å²) in [5.41, 5.74) is 1.64. The summed E-state index contributed by atoms with van der Waals surface area (Å²) in [5.74, 6) is -0.330. The normalized spacial score (nSPS) is 13.7. The lowest BCUT2D eigenvalue weighted by Crippen LogP contribution is -2.28. The lowest BCUT2D eigenvalue weighted by Gasteiger charge is -2.15. The van der Waals surface area contributed by atoms with Crippen LogP contribution in [0.2, 0.25) is 5.02 Å². The first-order valence-corrected chi connectivity index (χ1v) is 9.91. The van der Waals surface area contributed by atoms with Gasteiger partial charge in [0.25, 0.3) is 11.8 Å². The second-order valence-electron chi connectivity index (χ2n) is 5.94. The number of hydrogen-bond acceptors (Lipinski definition) is 5. The molecule has 2 heterocycles. The van der Waals surface area contributed by atoms with Crippen LogP contribution in [0.3, 0.4) is 0 Å². The Hall–Kier alpha value is -2.12. The van der Waals surface area contributed by atoms with E-state index in [2.05, 4.69) is 15.3 Å². The maximum Gasteiger partial charge on any atom is 0.271 e. The summed E-state index contributed by atoms with van der Waals surface area (Å²) in [6.07, 6.45) is 5.36. The fraction of sp³-hybridized carbons (Fsp3) is 0.333. The highest BCUT2D eigenvalue weighted by atomic mass is 35.5. The van der Waals surface area contributed by atoms with Crippen LogP contribution in [-0.4, -0.2) is 46.0 Å². The van der Waals surface area contributed by atoms with Crippen molar-refractivity contribution in [3.63, 3.8) is 0 Å². The number of hydrogen-bond donors (Lipinski definition) is 1. The number of nitrogens with zero attached hydrogens (tertiary/aromatic N) is 3. The van der Waals surface area contributed by atoms with Gasteiger partial charge in [-0.15, -0.1) is 0 Å².